The van der Waals surface area contributed by atoms with Crippen LogP contribution >= 0.6 is 11.6 Å². The summed E-state index contributed by atoms with van der Waals surface area (Å²) in [5.41, 5.74) is 1.35. The molecule has 36 heavy (non-hydrogen) atoms. The van der Waals surface area contributed by atoms with Gasteiger partial charge in [0.2, 0.25) is 0 Å². The average molecular weight is 521 g/mol. The van der Waals surface area contributed by atoms with Crippen molar-refractivity contribution in [3.8, 4) is 17.2 Å². The molecule has 4 aliphatic rings. The van der Waals surface area contributed by atoms with Crippen molar-refractivity contribution in [1.29, 1.82) is 0 Å². The number of carbonyl (C=O) groups excluding carboxylic acids is 1. The van der Waals surface area contributed by atoms with Gasteiger partial charge in [0.05, 0.1) is 23.7 Å². The smallest absolute Gasteiger partial charge is 0.480 e. The van der Waals surface area contributed by atoms with Gasteiger partial charge >= 0.3 is 6.36 Å². The van der Waals surface area contributed by atoms with Gasteiger partial charge in [-0.15, -0.1) is 18.3 Å². The van der Waals surface area contributed by atoms with Crippen molar-refractivity contribution < 1.29 is 32.5 Å². The van der Waals surface area contributed by atoms with Crippen molar-refractivity contribution in [3.05, 3.63) is 64.9 Å². The van der Waals surface area contributed by atoms with E-state index in [2.05, 4.69) is 20.4 Å². The van der Waals surface area contributed by atoms with Crippen LogP contribution in [0, 0.1) is 0 Å². The van der Waals surface area contributed by atoms with Crippen LogP contribution in [0.2, 0.25) is 5.02 Å². The van der Waals surface area contributed by atoms with Crippen LogP contribution in [0.3, 0.4) is 0 Å². The lowest BCUT2D eigenvalue weighted by Gasteiger charge is -2.69. The van der Waals surface area contributed by atoms with Crippen LogP contribution in [0.4, 0.5) is 13.2 Å². The third kappa shape index (κ3) is 3.96. The minimum atomic E-state index is -4.75. The van der Waals surface area contributed by atoms with Crippen molar-refractivity contribution >= 4 is 17.5 Å². The molecular weight excluding hydrogens is 501 g/mol. The second kappa shape index (κ2) is 7.84. The van der Waals surface area contributed by atoms with Crippen LogP contribution in [0.15, 0.2) is 48.7 Å². The first kappa shape index (κ1) is 23.1. The Hall–Kier alpha value is -3.31. The van der Waals surface area contributed by atoms with E-state index >= 15 is 0 Å². The molecule has 0 spiro atoms. The van der Waals surface area contributed by atoms with Crippen LogP contribution in [0.5, 0.6) is 11.5 Å². The predicted molar refractivity (Wildman–Crippen MR) is 120 cm³/mol. The largest absolute Gasteiger partial charge is 0.573 e. The minimum absolute atomic E-state index is 0.140. The number of carbonyl (C=O) groups is 1. The minimum Gasteiger partial charge on any atom is -0.480 e. The lowest BCUT2D eigenvalue weighted by atomic mass is 9.38. The van der Waals surface area contributed by atoms with Gasteiger partial charge in [-0.2, -0.15) is 0 Å². The Labute approximate surface area is 208 Å². The van der Waals surface area contributed by atoms with E-state index in [1.165, 1.54) is 28.9 Å². The predicted octanol–water partition coefficient (Wildman–Crippen LogP) is 3.99. The van der Waals surface area contributed by atoms with E-state index in [0.29, 0.717) is 41.3 Å². The molecule has 1 aromatic heterocycles. The van der Waals surface area contributed by atoms with E-state index in [9.17, 15) is 23.1 Å². The summed E-state index contributed by atoms with van der Waals surface area (Å²) in [6, 6.07) is 10.3. The molecule has 2 heterocycles. The first-order valence-corrected chi connectivity index (χ1v) is 11.7. The molecule has 0 saturated heterocycles. The highest BCUT2D eigenvalue weighted by molar-refractivity contribution is 6.30. The normalized spacial score (nSPS) is 28.2. The van der Waals surface area contributed by atoms with Crippen molar-refractivity contribution in [2.24, 2.45) is 0 Å². The summed E-state index contributed by atoms with van der Waals surface area (Å²) in [4.78, 5) is 12.9. The fourth-order valence-electron chi connectivity index (χ4n) is 5.55. The third-order valence-electron chi connectivity index (χ3n) is 7.12. The molecule has 0 radical (unpaired) electrons. The Balaban J connectivity index is 1.07. The molecule has 8 nitrogen and oxygen atoms in total. The number of nitrogens with zero attached hydrogens (tertiary/aromatic N) is 3. The Morgan fingerprint density at radius 2 is 1.92 bits per heavy atom. The molecule has 3 fully saturated rings. The highest BCUT2D eigenvalue weighted by atomic mass is 35.5. The van der Waals surface area contributed by atoms with Crippen LogP contribution in [-0.4, -0.2) is 44.0 Å². The topological polar surface area (TPSA) is 98.5 Å². The van der Waals surface area contributed by atoms with E-state index in [4.69, 9.17) is 16.3 Å². The number of ether oxygens (including phenoxy) is 2. The van der Waals surface area contributed by atoms with E-state index in [1.54, 1.807) is 24.4 Å². The number of aliphatic hydroxyl groups is 1. The Kier molecular flexibility index (Phi) is 5.03. The lowest BCUT2D eigenvalue weighted by molar-refractivity contribution is -0.274. The number of aliphatic hydroxyl groups excluding tert-OH is 1. The number of rotatable bonds is 5. The standard InChI is InChI=1S/C24H20ClF3N4O4/c25-13-1-6-18-16(7-13)17(33)8-19(35-18)21(34)29-23-10-22(11-23,12-23)20-9-32(31-30-20)14-2-4-15(5-3-14)36-24(26,27)28/h1-7,9,17,19,33H,8,10-12H2,(H,29,34)/t17-,19-,22?,23?/m1/s1. The summed E-state index contributed by atoms with van der Waals surface area (Å²) >= 11 is 5.99. The summed E-state index contributed by atoms with van der Waals surface area (Å²) in [7, 11) is 0. The summed E-state index contributed by atoms with van der Waals surface area (Å²) in [5.74, 6) is -0.139. The molecular formula is C24H20ClF3N4O4. The molecule has 2 atom stereocenters. The number of alkyl halides is 3. The molecule has 12 heteroatoms. The van der Waals surface area contributed by atoms with Gasteiger partial charge in [0, 0.05) is 28.0 Å². The molecule has 0 unspecified atom stereocenters. The summed E-state index contributed by atoms with van der Waals surface area (Å²) in [6.07, 6.45) is -2.40. The number of amides is 1. The molecule has 3 saturated carbocycles. The lowest BCUT2D eigenvalue weighted by Crippen LogP contribution is -2.77. The van der Waals surface area contributed by atoms with E-state index in [0.717, 1.165) is 5.69 Å². The maximum absolute atomic E-state index is 12.9. The Bertz CT molecular complexity index is 1320. The summed E-state index contributed by atoms with van der Waals surface area (Å²) in [6.45, 7) is 0. The molecule has 3 aromatic rings. The average Bonchev–Trinajstić information content (AvgIpc) is 3.24. The van der Waals surface area contributed by atoms with Gasteiger partial charge in [0.25, 0.3) is 5.91 Å². The van der Waals surface area contributed by atoms with Crippen molar-refractivity contribution in [1.82, 2.24) is 20.3 Å². The molecule has 188 valence electrons. The first-order valence-electron chi connectivity index (χ1n) is 11.3. The van der Waals surface area contributed by atoms with Gasteiger partial charge in [0.1, 0.15) is 11.5 Å². The molecule has 2 aromatic carbocycles. The number of benzene rings is 2. The molecule has 1 aliphatic heterocycles. The maximum atomic E-state index is 12.9. The number of fused-ring (bicyclic) bond motifs is 1. The van der Waals surface area contributed by atoms with E-state index in [1.807, 2.05) is 0 Å². The van der Waals surface area contributed by atoms with Crippen molar-refractivity contribution in [2.75, 3.05) is 0 Å². The third-order valence-corrected chi connectivity index (χ3v) is 7.36. The summed E-state index contributed by atoms with van der Waals surface area (Å²) < 4.78 is 48.3. The fourth-order valence-corrected chi connectivity index (χ4v) is 5.73. The Morgan fingerprint density at radius 3 is 2.61 bits per heavy atom. The fraction of sp³-hybridized carbons (Fsp3) is 0.375. The van der Waals surface area contributed by atoms with Crippen molar-refractivity contribution in [3.63, 3.8) is 0 Å². The highest BCUT2D eigenvalue weighted by Crippen LogP contribution is 2.67. The van der Waals surface area contributed by atoms with Gasteiger partial charge in [-0.1, -0.05) is 16.8 Å². The quantitative estimate of drug-likeness (QED) is 0.528. The van der Waals surface area contributed by atoms with Crippen LogP contribution < -0.4 is 14.8 Å². The number of hydrogen-bond acceptors (Lipinski definition) is 6. The number of nitrogens with one attached hydrogen (secondary N) is 1. The van der Waals surface area contributed by atoms with E-state index < -0.39 is 18.6 Å². The zero-order valence-electron chi connectivity index (χ0n) is 18.6. The monoisotopic (exact) mass is 520 g/mol. The summed E-state index contributed by atoms with van der Waals surface area (Å²) in [5, 5.41) is 22.4. The highest BCUT2D eigenvalue weighted by Gasteiger charge is 2.70. The molecule has 1 amide bonds. The number of hydrogen-bond donors (Lipinski definition) is 2. The molecule has 2 N–H and O–H groups in total. The van der Waals surface area contributed by atoms with Crippen LogP contribution in [-0.2, 0) is 10.2 Å². The van der Waals surface area contributed by atoms with Crippen molar-refractivity contribution in [2.45, 2.75) is 55.2 Å². The maximum Gasteiger partial charge on any atom is 0.573 e. The van der Waals surface area contributed by atoms with Gasteiger partial charge in [0.15, 0.2) is 6.10 Å². The van der Waals surface area contributed by atoms with Crippen LogP contribution in [0.1, 0.15) is 43.0 Å². The zero-order valence-corrected chi connectivity index (χ0v) is 19.4. The van der Waals surface area contributed by atoms with E-state index in [-0.39, 0.29) is 29.0 Å². The number of halogens is 4. The van der Waals surface area contributed by atoms with Gasteiger partial charge in [-0.3, -0.25) is 4.79 Å². The SMILES string of the molecule is O=C(NC12CC(c3cn(-c4ccc(OC(F)(F)F)cc4)nn3)(C1)C2)[C@H]1C[C@@H](O)c2cc(Cl)ccc2O1. The van der Waals surface area contributed by atoms with Gasteiger partial charge in [-0.05, 0) is 61.7 Å². The second-order valence-corrected chi connectivity index (χ2v) is 10.1. The Morgan fingerprint density at radius 1 is 1.19 bits per heavy atom. The first-order chi connectivity index (χ1) is 17.0. The zero-order chi connectivity index (χ0) is 25.3. The molecule has 2 bridgehead atoms. The van der Waals surface area contributed by atoms with Gasteiger partial charge in [-0.25, -0.2) is 4.68 Å². The van der Waals surface area contributed by atoms with Crippen LogP contribution in [0.25, 0.3) is 5.69 Å². The number of aromatic nitrogens is 3. The second-order valence-electron chi connectivity index (χ2n) is 9.71. The molecule has 7 rings (SSSR count). The van der Waals surface area contributed by atoms with Gasteiger partial charge < -0.3 is 19.9 Å². The molecule has 3 aliphatic carbocycles.